The topological polar surface area (TPSA) is 59.1 Å². The number of halogens is 1. The average molecular weight is 429 g/mol. The van der Waals surface area contributed by atoms with E-state index in [-0.39, 0.29) is 30.2 Å². The number of anilines is 1. The van der Waals surface area contributed by atoms with Crippen LogP contribution in [-0.4, -0.2) is 44.0 Å². The molecule has 2 aliphatic rings. The van der Waals surface area contributed by atoms with Crippen LogP contribution in [0.4, 0.5) is 5.69 Å². The number of benzene rings is 2. The van der Waals surface area contributed by atoms with Gasteiger partial charge in [0.2, 0.25) is 11.8 Å². The summed E-state index contributed by atoms with van der Waals surface area (Å²) in [5.74, 6) is 0.952. The van der Waals surface area contributed by atoms with Crippen LogP contribution in [0.3, 0.4) is 0 Å². The summed E-state index contributed by atoms with van der Waals surface area (Å²) in [6.45, 7) is 1.08. The number of carbonyl (C=O) groups excluding carboxylic acids is 2. The monoisotopic (exact) mass is 428 g/mol. The minimum atomic E-state index is -0.350. The first-order valence-electron chi connectivity index (χ1n) is 10.1. The van der Waals surface area contributed by atoms with E-state index in [9.17, 15) is 9.59 Å². The van der Waals surface area contributed by atoms with Crippen LogP contribution in [0.1, 0.15) is 30.9 Å². The molecule has 2 fully saturated rings. The van der Waals surface area contributed by atoms with E-state index in [4.69, 9.17) is 21.1 Å². The highest BCUT2D eigenvalue weighted by Gasteiger charge is 2.40. The number of hydrogen-bond acceptors (Lipinski definition) is 4. The molecule has 2 heterocycles. The zero-order valence-electron chi connectivity index (χ0n) is 17.1. The molecule has 2 atom stereocenters. The lowest BCUT2D eigenvalue weighted by molar-refractivity contribution is -0.136. The number of nitrogens with zero attached hydrogens (tertiary/aromatic N) is 2. The predicted molar refractivity (Wildman–Crippen MR) is 115 cm³/mol. The second-order valence-corrected chi connectivity index (χ2v) is 8.13. The third kappa shape index (κ3) is 3.84. The lowest BCUT2D eigenvalue weighted by Crippen LogP contribution is -2.37. The van der Waals surface area contributed by atoms with Gasteiger partial charge < -0.3 is 19.3 Å². The molecule has 158 valence electrons. The fraction of sp³-hybridized carbons (Fsp3) is 0.391. The molecule has 0 radical (unpaired) electrons. The molecule has 2 amide bonds. The normalized spacial score (nSPS) is 21.2. The molecule has 0 aromatic heterocycles. The molecular formula is C23H25ClN2O4. The van der Waals surface area contributed by atoms with Crippen molar-refractivity contribution >= 4 is 29.1 Å². The molecule has 2 aromatic rings. The summed E-state index contributed by atoms with van der Waals surface area (Å²) in [5, 5.41) is 0.572. The minimum Gasteiger partial charge on any atom is -0.493 e. The van der Waals surface area contributed by atoms with Gasteiger partial charge in [0, 0.05) is 30.2 Å². The van der Waals surface area contributed by atoms with Crippen LogP contribution in [0.15, 0.2) is 42.5 Å². The van der Waals surface area contributed by atoms with Gasteiger partial charge in [-0.1, -0.05) is 23.7 Å². The fourth-order valence-corrected chi connectivity index (χ4v) is 4.62. The number of amides is 2. The molecule has 2 aliphatic heterocycles. The Morgan fingerprint density at radius 1 is 1.10 bits per heavy atom. The lowest BCUT2D eigenvalue weighted by Gasteiger charge is -2.28. The van der Waals surface area contributed by atoms with Crippen LogP contribution < -0.4 is 14.4 Å². The van der Waals surface area contributed by atoms with Crippen molar-refractivity contribution in [3.63, 3.8) is 0 Å². The third-order valence-electron chi connectivity index (χ3n) is 5.92. The van der Waals surface area contributed by atoms with Gasteiger partial charge in [-0.15, -0.1) is 0 Å². The van der Waals surface area contributed by atoms with Gasteiger partial charge in [0.15, 0.2) is 11.5 Å². The van der Waals surface area contributed by atoms with Gasteiger partial charge in [-0.3, -0.25) is 9.59 Å². The zero-order valence-corrected chi connectivity index (χ0v) is 17.9. The van der Waals surface area contributed by atoms with Gasteiger partial charge in [-0.05, 0) is 48.7 Å². The Labute approximate surface area is 181 Å². The van der Waals surface area contributed by atoms with Crippen molar-refractivity contribution < 1.29 is 19.1 Å². The third-order valence-corrected chi connectivity index (χ3v) is 6.16. The highest BCUT2D eigenvalue weighted by molar-refractivity contribution is 6.31. The van der Waals surface area contributed by atoms with E-state index in [1.54, 1.807) is 31.3 Å². The van der Waals surface area contributed by atoms with Crippen molar-refractivity contribution in [3.05, 3.63) is 53.1 Å². The number of rotatable bonds is 5. The highest BCUT2D eigenvalue weighted by Crippen LogP contribution is 2.38. The Balaban J connectivity index is 1.52. The Hall–Kier alpha value is -2.73. The van der Waals surface area contributed by atoms with Crippen molar-refractivity contribution in [3.8, 4) is 11.5 Å². The van der Waals surface area contributed by atoms with Gasteiger partial charge in [0.05, 0.1) is 26.2 Å². The summed E-state index contributed by atoms with van der Waals surface area (Å²) in [4.78, 5) is 29.5. The summed E-state index contributed by atoms with van der Waals surface area (Å²) < 4.78 is 10.8. The molecule has 6 nitrogen and oxygen atoms in total. The molecule has 30 heavy (non-hydrogen) atoms. The fourth-order valence-electron chi connectivity index (χ4n) is 4.44. The average Bonchev–Trinajstić information content (AvgIpc) is 3.39. The SMILES string of the molecule is COc1ccc([C@@H]2CCCN2C(=O)[C@@H]2CC(=O)N(c3cccc(Cl)c3)C2)cc1OC. The number of likely N-dealkylation sites (tertiary alicyclic amines) is 1. The molecular weight excluding hydrogens is 404 g/mol. The Kier molecular flexibility index (Phi) is 5.86. The first-order valence-corrected chi connectivity index (χ1v) is 10.5. The summed E-state index contributed by atoms with van der Waals surface area (Å²) in [6.07, 6.45) is 2.05. The molecule has 0 bridgehead atoms. The predicted octanol–water partition coefficient (Wildman–Crippen LogP) is 4.07. The van der Waals surface area contributed by atoms with Gasteiger partial charge in [-0.2, -0.15) is 0 Å². The van der Waals surface area contributed by atoms with E-state index < -0.39 is 0 Å². The first kappa shape index (κ1) is 20.5. The Bertz CT molecular complexity index is 964. The van der Waals surface area contributed by atoms with E-state index in [1.165, 1.54) is 0 Å². The Morgan fingerprint density at radius 3 is 2.63 bits per heavy atom. The molecule has 7 heteroatoms. The minimum absolute atomic E-state index is 0.0207. The van der Waals surface area contributed by atoms with Crippen molar-refractivity contribution in [1.29, 1.82) is 0 Å². The van der Waals surface area contributed by atoms with Crippen molar-refractivity contribution in [2.24, 2.45) is 5.92 Å². The maximum atomic E-state index is 13.4. The molecule has 2 saturated heterocycles. The van der Waals surface area contributed by atoms with Crippen molar-refractivity contribution in [2.75, 3.05) is 32.2 Å². The maximum absolute atomic E-state index is 13.4. The molecule has 0 N–H and O–H groups in total. The van der Waals surface area contributed by atoms with E-state index in [2.05, 4.69) is 0 Å². The summed E-state index contributed by atoms with van der Waals surface area (Å²) in [5.41, 5.74) is 1.76. The van der Waals surface area contributed by atoms with E-state index >= 15 is 0 Å². The van der Waals surface area contributed by atoms with E-state index in [0.717, 1.165) is 24.1 Å². The van der Waals surface area contributed by atoms with Gasteiger partial charge in [-0.25, -0.2) is 0 Å². The van der Waals surface area contributed by atoms with Crippen LogP contribution in [0, 0.1) is 5.92 Å². The van der Waals surface area contributed by atoms with Gasteiger partial charge in [0.25, 0.3) is 0 Å². The van der Waals surface area contributed by atoms with Crippen LogP contribution >= 0.6 is 11.6 Å². The zero-order chi connectivity index (χ0) is 21.3. The molecule has 0 spiro atoms. The Morgan fingerprint density at radius 2 is 1.90 bits per heavy atom. The summed E-state index contributed by atoms with van der Waals surface area (Å²) >= 11 is 6.07. The number of methoxy groups -OCH3 is 2. The smallest absolute Gasteiger partial charge is 0.228 e. The largest absolute Gasteiger partial charge is 0.493 e. The molecule has 0 unspecified atom stereocenters. The van der Waals surface area contributed by atoms with Gasteiger partial charge >= 0.3 is 0 Å². The highest BCUT2D eigenvalue weighted by atomic mass is 35.5. The number of ether oxygens (including phenoxy) is 2. The molecule has 0 saturated carbocycles. The van der Waals surface area contributed by atoms with Crippen molar-refractivity contribution in [1.82, 2.24) is 4.90 Å². The first-order chi connectivity index (χ1) is 14.5. The van der Waals surface area contributed by atoms with Crippen LogP contribution in [0.5, 0.6) is 11.5 Å². The number of hydrogen-bond donors (Lipinski definition) is 0. The second-order valence-electron chi connectivity index (χ2n) is 7.69. The standard InChI is InChI=1S/C23H25ClN2O4/c1-29-20-9-8-15(11-21(20)30-2)19-7-4-10-25(19)23(28)16-12-22(27)26(14-16)18-6-3-5-17(24)13-18/h3,5-6,8-9,11,13,16,19H,4,7,10,12,14H2,1-2H3/t16-,19+/m1/s1. The van der Waals surface area contributed by atoms with Gasteiger partial charge in [0.1, 0.15) is 0 Å². The van der Waals surface area contributed by atoms with Crippen LogP contribution in [0.25, 0.3) is 0 Å². The maximum Gasteiger partial charge on any atom is 0.228 e. The van der Waals surface area contributed by atoms with Crippen molar-refractivity contribution in [2.45, 2.75) is 25.3 Å². The number of carbonyl (C=O) groups is 2. The molecule has 0 aliphatic carbocycles. The van der Waals surface area contributed by atoms with Crippen LogP contribution in [0.2, 0.25) is 5.02 Å². The second kappa shape index (κ2) is 8.56. The quantitative estimate of drug-likeness (QED) is 0.720. The molecule has 4 rings (SSSR count). The molecule has 2 aromatic carbocycles. The summed E-state index contributed by atoms with van der Waals surface area (Å²) in [6, 6.07) is 13.0. The van der Waals surface area contributed by atoms with E-state index in [0.29, 0.717) is 29.6 Å². The lowest BCUT2D eigenvalue weighted by atomic mass is 10.0. The van der Waals surface area contributed by atoms with E-state index in [1.807, 2.05) is 35.2 Å². The van der Waals surface area contributed by atoms with Crippen LogP contribution in [-0.2, 0) is 9.59 Å². The summed E-state index contributed by atoms with van der Waals surface area (Å²) in [7, 11) is 3.21.